The summed E-state index contributed by atoms with van der Waals surface area (Å²) in [5, 5.41) is 4.17. The summed E-state index contributed by atoms with van der Waals surface area (Å²) in [6.45, 7) is 1.07. The summed E-state index contributed by atoms with van der Waals surface area (Å²) in [7, 11) is 1.64. The van der Waals surface area contributed by atoms with Crippen LogP contribution in [-0.4, -0.2) is 35.1 Å². The molecule has 0 atom stereocenters. The Balaban J connectivity index is 2.04. The molecule has 0 aliphatic rings. The monoisotopic (exact) mass is 297 g/mol. The molecule has 0 bridgehead atoms. The Morgan fingerprint density at radius 2 is 2.18 bits per heavy atom. The maximum absolute atomic E-state index is 5.43. The average molecular weight is 298 g/mol. The molecule has 2 heterocycles. The Morgan fingerprint density at radius 1 is 1.29 bits per heavy atom. The summed E-state index contributed by atoms with van der Waals surface area (Å²) in [4.78, 5) is 4.23. The molecule has 0 aliphatic carbocycles. The van der Waals surface area contributed by atoms with Gasteiger partial charge in [0.25, 0.3) is 0 Å². The highest BCUT2D eigenvalue weighted by atomic mass is 79.9. The summed E-state index contributed by atoms with van der Waals surface area (Å²) in [5.41, 5.74) is 0. The summed E-state index contributed by atoms with van der Waals surface area (Å²) < 4.78 is 12.9. The number of hydrogen-bond donors (Lipinski definition) is 0. The van der Waals surface area contributed by atoms with Gasteiger partial charge in [0.15, 0.2) is 11.6 Å². The molecule has 0 saturated carbocycles. The number of aromatic nitrogens is 3. The van der Waals surface area contributed by atoms with E-state index in [2.05, 4.69) is 26.0 Å². The van der Waals surface area contributed by atoms with Gasteiger partial charge in [-0.3, -0.25) is 0 Å². The third kappa shape index (κ3) is 3.28. The van der Waals surface area contributed by atoms with Gasteiger partial charge in [-0.05, 0) is 28.1 Å². The summed E-state index contributed by atoms with van der Waals surface area (Å²) in [5.74, 6) is 1.45. The van der Waals surface area contributed by atoms with Gasteiger partial charge in [0.05, 0.1) is 19.0 Å². The molecule has 2 aromatic heterocycles. The fourth-order valence-electron chi connectivity index (χ4n) is 1.25. The Labute approximate surface area is 108 Å². The fraction of sp³-hybridized carbons (Fsp3) is 0.273. The number of halogens is 1. The smallest absolute Gasteiger partial charge is 0.157 e. The Bertz CT molecular complexity index is 470. The summed E-state index contributed by atoms with van der Waals surface area (Å²) in [6, 6.07) is 3.78. The van der Waals surface area contributed by atoms with Crippen molar-refractivity contribution in [1.29, 1.82) is 0 Å². The van der Waals surface area contributed by atoms with Crippen molar-refractivity contribution in [2.45, 2.75) is 0 Å². The number of nitrogens with zero attached hydrogens (tertiary/aromatic N) is 3. The molecule has 0 spiro atoms. The first kappa shape index (κ1) is 12.1. The highest BCUT2D eigenvalue weighted by Crippen LogP contribution is 2.14. The van der Waals surface area contributed by atoms with Gasteiger partial charge >= 0.3 is 0 Å². The lowest BCUT2D eigenvalue weighted by atomic mass is 10.5. The lowest BCUT2D eigenvalue weighted by Gasteiger charge is -2.01. The second-order valence-electron chi connectivity index (χ2n) is 3.30. The van der Waals surface area contributed by atoms with Crippen molar-refractivity contribution in [2.75, 3.05) is 20.3 Å². The van der Waals surface area contributed by atoms with Crippen LogP contribution in [0.15, 0.2) is 35.2 Å². The molecule has 5 nitrogen and oxygen atoms in total. The van der Waals surface area contributed by atoms with Crippen LogP contribution in [0.2, 0.25) is 0 Å². The topological polar surface area (TPSA) is 49.2 Å². The summed E-state index contributed by atoms with van der Waals surface area (Å²) >= 11 is 3.33. The first-order chi connectivity index (χ1) is 8.29. The Kier molecular flexibility index (Phi) is 4.11. The molecule has 0 N–H and O–H groups in total. The van der Waals surface area contributed by atoms with Crippen molar-refractivity contribution in [1.82, 2.24) is 14.8 Å². The van der Waals surface area contributed by atoms with Crippen LogP contribution in [-0.2, 0) is 4.74 Å². The number of rotatable bonds is 5. The number of ether oxygens (including phenoxy) is 2. The standard InChI is InChI=1S/C11H12BrN3O2/c1-16-4-5-17-10-7-14-15(8-10)11-3-2-9(12)6-13-11/h2-3,6-8H,4-5H2,1H3. The largest absolute Gasteiger partial charge is 0.488 e. The quantitative estimate of drug-likeness (QED) is 0.793. The average Bonchev–Trinajstić information content (AvgIpc) is 2.79. The zero-order chi connectivity index (χ0) is 12.1. The van der Waals surface area contributed by atoms with Crippen LogP contribution >= 0.6 is 15.9 Å². The maximum atomic E-state index is 5.43. The fourth-order valence-corrected chi connectivity index (χ4v) is 1.49. The molecule has 2 rings (SSSR count). The molecule has 0 unspecified atom stereocenters. The number of pyridine rings is 1. The molecule has 17 heavy (non-hydrogen) atoms. The molecule has 0 fully saturated rings. The van der Waals surface area contributed by atoms with Crippen molar-refractivity contribution in [3.8, 4) is 11.6 Å². The highest BCUT2D eigenvalue weighted by Gasteiger charge is 2.02. The zero-order valence-corrected chi connectivity index (χ0v) is 10.9. The van der Waals surface area contributed by atoms with Crippen molar-refractivity contribution in [2.24, 2.45) is 0 Å². The lowest BCUT2D eigenvalue weighted by Crippen LogP contribution is -2.03. The minimum atomic E-state index is 0.510. The minimum Gasteiger partial charge on any atom is -0.488 e. The van der Waals surface area contributed by atoms with E-state index in [0.29, 0.717) is 19.0 Å². The van der Waals surface area contributed by atoms with Crippen LogP contribution in [0.1, 0.15) is 0 Å². The molecule has 2 aromatic rings. The molecular formula is C11H12BrN3O2. The van der Waals surface area contributed by atoms with Crippen molar-refractivity contribution in [3.05, 3.63) is 35.2 Å². The predicted molar refractivity (Wildman–Crippen MR) is 66.4 cm³/mol. The molecule has 0 radical (unpaired) electrons. The lowest BCUT2D eigenvalue weighted by molar-refractivity contribution is 0.146. The van der Waals surface area contributed by atoms with Crippen LogP contribution in [0.25, 0.3) is 5.82 Å². The van der Waals surface area contributed by atoms with E-state index >= 15 is 0 Å². The second kappa shape index (κ2) is 5.79. The normalized spacial score (nSPS) is 10.5. The molecule has 0 amide bonds. The second-order valence-corrected chi connectivity index (χ2v) is 4.21. The van der Waals surface area contributed by atoms with Crippen molar-refractivity contribution < 1.29 is 9.47 Å². The van der Waals surface area contributed by atoms with Crippen LogP contribution in [0, 0.1) is 0 Å². The van der Waals surface area contributed by atoms with Gasteiger partial charge in [-0.1, -0.05) is 0 Å². The third-order valence-electron chi connectivity index (χ3n) is 2.06. The van der Waals surface area contributed by atoms with Gasteiger partial charge in [-0.2, -0.15) is 5.10 Å². The van der Waals surface area contributed by atoms with E-state index in [-0.39, 0.29) is 0 Å². The SMILES string of the molecule is COCCOc1cnn(-c2ccc(Br)cn2)c1. The maximum Gasteiger partial charge on any atom is 0.157 e. The Morgan fingerprint density at radius 3 is 2.88 bits per heavy atom. The molecule has 0 saturated heterocycles. The molecule has 90 valence electrons. The van der Waals surface area contributed by atoms with Gasteiger partial charge in [-0.25, -0.2) is 9.67 Å². The summed E-state index contributed by atoms with van der Waals surface area (Å²) in [6.07, 6.45) is 5.16. The molecule has 0 aromatic carbocycles. The van der Waals surface area contributed by atoms with Crippen LogP contribution in [0.3, 0.4) is 0 Å². The van der Waals surface area contributed by atoms with E-state index in [0.717, 1.165) is 10.3 Å². The number of methoxy groups -OCH3 is 1. The van der Waals surface area contributed by atoms with Gasteiger partial charge in [0.1, 0.15) is 6.61 Å². The van der Waals surface area contributed by atoms with E-state index in [9.17, 15) is 0 Å². The van der Waals surface area contributed by atoms with Gasteiger partial charge in [0.2, 0.25) is 0 Å². The van der Waals surface area contributed by atoms with E-state index in [1.807, 2.05) is 12.1 Å². The van der Waals surface area contributed by atoms with Gasteiger partial charge in [0, 0.05) is 17.8 Å². The van der Waals surface area contributed by atoms with Crippen LogP contribution < -0.4 is 4.74 Å². The predicted octanol–water partition coefficient (Wildman–Crippen LogP) is 2.05. The zero-order valence-electron chi connectivity index (χ0n) is 9.34. The molecule has 0 aliphatic heterocycles. The van der Waals surface area contributed by atoms with Crippen molar-refractivity contribution in [3.63, 3.8) is 0 Å². The highest BCUT2D eigenvalue weighted by molar-refractivity contribution is 9.10. The van der Waals surface area contributed by atoms with Crippen LogP contribution in [0.5, 0.6) is 5.75 Å². The van der Waals surface area contributed by atoms with Gasteiger partial charge < -0.3 is 9.47 Å². The first-order valence-electron chi connectivity index (χ1n) is 5.08. The van der Waals surface area contributed by atoms with Gasteiger partial charge in [-0.15, -0.1) is 0 Å². The van der Waals surface area contributed by atoms with Crippen LogP contribution in [0.4, 0.5) is 0 Å². The molecular weight excluding hydrogens is 286 g/mol. The minimum absolute atomic E-state index is 0.510. The van der Waals surface area contributed by atoms with E-state index < -0.39 is 0 Å². The first-order valence-corrected chi connectivity index (χ1v) is 5.87. The van der Waals surface area contributed by atoms with Crippen molar-refractivity contribution >= 4 is 15.9 Å². The van der Waals surface area contributed by atoms with E-state index in [4.69, 9.17) is 9.47 Å². The number of hydrogen-bond acceptors (Lipinski definition) is 4. The Hall–Kier alpha value is -1.40. The third-order valence-corrected chi connectivity index (χ3v) is 2.53. The van der Waals surface area contributed by atoms with E-state index in [1.54, 1.807) is 30.4 Å². The molecule has 6 heteroatoms. The van der Waals surface area contributed by atoms with E-state index in [1.165, 1.54) is 0 Å².